The molecule has 0 atom stereocenters. The fraction of sp³-hybridized carbons (Fsp3) is 0.143. The van der Waals surface area contributed by atoms with Gasteiger partial charge in [0.05, 0.1) is 23.6 Å². The molecule has 2 aromatic rings. The molecular weight excluding hydrogens is 329 g/mol. The van der Waals surface area contributed by atoms with Crippen LogP contribution in [0.4, 0.5) is 10.1 Å². The van der Waals surface area contributed by atoms with Crippen molar-refractivity contribution < 1.29 is 9.18 Å². The van der Waals surface area contributed by atoms with E-state index in [0.717, 1.165) is 11.3 Å². The lowest BCUT2D eigenvalue weighted by atomic mass is 10.00. The molecule has 0 saturated carbocycles. The Hall–Kier alpha value is -3.21. The third-order valence-electron chi connectivity index (χ3n) is 4.41. The van der Waals surface area contributed by atoms with Crippen molar-refractivity contribution in [3.8, 4) is 0 Å². The van der Waals surface area contributed by atoms with Gasteiger partial charge in [-0.25, -0.2) is 4.39 Å². The summed E-state index contributed by atoms with van der Waals surface area (Å²) in [5.74, 6) is -0.518. The highest BCUT2D eigenvalue weighted by Crippen LogP contribution is 2.32. The quantitative estimate of drug-likeness (QED) is 0.860. The Morgan fingerprint density at radius 3 is 2.50 bits per heavy atom. The molecule has 0 unspecified atom stereocenters. The normalized spacial score (nSPS) is 15.5. The van der Waals surface area contributed by atoms with E-state index >= 15 is 0 Å². The topological polar surface area (TPSA) is 44.7 Å². The van der Waals surface area contributed by atoms with Crippen molar-refractivity contribution in [2.45, 2.75) is 6.92 Å². The number of aliphatic imine (C=N–C) groups is 1. The number of halogens is 1. The molecule has 1 N–H and O–H groups in total. The van der Waals surface area contributed by atoms with Crippen LogP contribution in [0.3, 0.4) is 0 Å². The molecule has 0 bridgehead atoms. The molecule has 1 aliphatic rings. The molecule has 132 valence electrons. The number of benzene rings is 2. The fourth-order valence-corrected chi connectivity index (χ4v) is 3.05. The molecular formula is C21H20FN3O. The van der Waals surface area contributed by atoms with E-state index in [9.17, 15) is 9.18 Å². The van der Waals surface area contributed by atoms with Crippen LogP contribution in [0.1, 0.15) is 18.1 Å². The van der Waals surface area contributed by atoms with Gasteiger partial charge < -0.3 is 10.2 Å². The van der Waals surface area contributed by atoms with E-state index in [2.05, 4.69) is 16.9 Å². The van der Waals surface area contributed by atoms with Crippen LogP contribution in [0, 0.1) is 5.82 Å². The molecule has 1 amide bonds. The number of rotatable bonds is 3. The largest absolute Gasteiger partial charge is 0.355 e. The summed E-state index contributed by atoms with van der Waals surface area (Å²) in [4.78, 5) is 18.7. The zero-order valence-corrected chi connectivity index (χ0v) is 14.8. The van der Waals surface area contributed by atoms with Gasteiger partial charge in [0.2, 0.25) is 5.91 Å². The van der Waals surface area contributed by atoms with Gasteiger partial charge in [-0.15, -0.1) is 0 Å². The summed E-state index contributed by atoms with van der Waals surface area (Å²) in [5.41, 5.74) is 3.84. The van der Waals surface area contributed by atoms with Crippen molar-refractivity contribution in [1.82, 2.24) is 5.32 Å². The van der Waals surface area contributed by atoms with Gasteiger partial charge in [0.15, 0.2) is 0 Å². The van der Waals surface area contributed by atoms with Crippen LogP contribution in [0.25, 0.3) is 0 Å². The van der Waals surface area contributed by atoms with Crippen LogP contribution in [0.2, 0.25) is 0 Å². The number of benzodiazepines with no additional fused rings is 1. The average Bonchev–Trinajstić information content (AvgIpc) is 2.84. The van der Waals surface area contributed by atoms with Crippen LogP contribution >= 0.6 is 0 Å². The van der Waals surface area contributed by atoms with Crippen molar-refractivity contribution in [3.05, 3.63) is 89.5 Å². The summed E-state index contributed by atoms with van der Waals surface area (Å²) in [7, 11) is 1.59. The maximum atomic E-state index is 14.4. The molecule has 0 fully saturated rings. The standard InChI is InChI=1S/C21H20FN3O/c1-4-25-18-12-8-6-10-16(18)20(15-9-5-7-11-17(15)22)24-13-19(25)14(2)21(26)23-3/h4-12H,1,13H2,2-3H3,(H,23,26)/b19-14+. The van der Waals surface area contributed by atoms with Crippen LogP contribution in [0.15, 0.2) is 77.6 Å². The van der Waals surface area contributed by atoms with E-state index in [4.69, 9.17) is 0 Å². The SMILES string of the molecule is C=CN1/C(=C(\C)C(=O)NC)CN=C(c2ccccc2F)c2ccccc21. The van der Waals surface area contributed by atoms with Gasteiger partial charge in [0.25, 0.3) is 0 Å². The number of hydrogen-bond acceptors (Lipinski definition) is 3. The Labute approximate surface area is 152 Å². The number of amides is 1. The summed E-state index contributed by atoms with van der Waals surface area (Å²) in [6.07, 6.45) is 1.65. The lowest BCUT2D eigenvalue weighted by molar-refractivity contribution is -0.117. The minimum absolute atomic E-state index is 0.186. The third-order valence-corrected chi connectivity index (χ3v) is 4.41. The number of anilines is 1. The number of para-hydroxylation sites is 1. The first-order valence-electron chi connectivity index (χ1n) is 8.30. The monoisotopic (exact) mass is 349 g/mol. The lowest BCUT2D eigenvalue weighted by Crippen LogP contribution is -2.26. The highest BCUT2D eigenvalue weighted by molar-refractivity contribution is 6.17. The molecule has 0 radical (unpaired) electrons. The summed E-state index contributed by atoms with van der Waals surface area (Å²) >= 11 is 0. The zero-order chi connectivity index (χ0) is 18.7. The van der Waals surface area contributed by atoms with E-state index in [-0.39, 0.29) is 18.3 Å². The number of hydrogen-bond donors (Lipinski definition) is 1. The molecule has 5 heteroatoms. The minimum Gasteiger partial charge on any atom is -0.355 e. The van der Waals surface area contributed by atoms with Gasteiger partial charge in [-0.3, -0.25) is 9.79 Å². The number of nitrogens with zero attached hydrogens (tertiary/aromatic N) is 2. The number of carbonyl (C=O) groups is 1. The average molecular weight is 349 g/mol. The Morgan fingerprint density at radius 1 is 1.19 bits per heavy atom. The summed E-state index contributed by atoms with van der Waals surface area (Å²) in [6, 6.07) is 14.2. The first kappa shape index (κ1) is 17.6. The number of likely N-dealkylation sites (N-methyl/N-ethyl adjacent to an activating group) is 1. The molecule has 0 aliphatic carbocycles. The van der Waals surface area contributed by atoms with Crippen LogP contribution < -0.4 is 10.2 Å². The Balaban J connectivity index is 2.27. The molecule has 4 nitrogen and oxygen atoms in total. The number of carbonyl (C=O) groups excluding carboxylic acids is 1. The molecule has 1 heterocycles. The minimum atomic E-state index is -0.332. The van der Waals surface area contributed by atoms with Crippen molar-refractivity contribution >= 4 is 17.3 Å². The van der Waals surface area contributed by atoms with E-state index in [1.165, 1.54) is 6.07 Å². The molecule has 1 aliphatic heterocycles. The summed E-state index contributed by atoms with van der Waals surface area (Å²) in [6.45, 7) is 5.88. The molecule has 2 aromatic carbocycles. The van der Waals surface area contributed by atoms with E-state index in [0.29, 0.717) is 22.5 Å². The second kappa shape index (κ2) is 7.35. The summed E-state index contributed by atoms with van der Waals surface area (Å²) in [5, 5.41) is 2.64. The fourth-order valence-electron chi connectivity index (χ4n) is 3.05. The smallest absolute Gasteiger partial charge is 0.248 e. The third kappa shape index (κ3) is 3.04. The second-order valence-electron chi connectivity index (χ2n) is 5.87. The number of nitrogens with one attached hydrogen (secondary N) is 1. The van der Waals surface area contributed by atoms with Crippen LogP contribution in [-0.2, 0) is 4.79 Å². The highest BCUT2D eigenvalue weighted by atomic mass is 19.1. The molecule has 0 saturated heterocycles. The van der Waals surface area contributed by atoms with Crippen LogP contribution in [-0.4, -0.2) is 25.2 Å². The van der Waals surface area contributed by atoms with Gasteiger partial charge in [-0.05, 0) is 25.1 Å². The van der Waals surface area contributed by atoms with Crippen molar-refractivity contribution in [2.75, 3.05) is 18.5 Å². The molecule has 3 rings (SSSR count). The van der Waals surface area contributed by atoms with Crippen LogP contribution in [0.5, 0.6) is 0 Å². The molecule has 0 spiro atoms. The van der Waals surface area contributed by atoms with Gasteiger partial charge >= 0.3 is 0 Å². The zero-order valence-electron chi connectivity index (χ0n) is 14.8. The van der Waals surface area contributed by atoms with Gasteiger partial charge in [-0.1, -0.05) is 36.9 Å². The van der Waals surface area contributed by atoms with E-state index < -0.39 is 0 Å². The van der Waals surface area contributed by atoms with Crippen molar-refractivity contribution in [3.63, 3.8) is 0 Å². The van der Waals surface area contributed by atoms with Gasteiger partial charge in [0.1, 0.15) is 5.82 Å². The van der Waals surface area contributed by atoms with Gasteiger partial charge in [-0.2, -0.15) is 0 Å². The maximum absolute atomic E-state index is 14.4. The Morgan fingerprint density at radius 2 is 1.85 bits per heavy atom. The molecule has 0 aromatic heterocycles. The summed E-state index contributed by atoms with van der Waals surface area (Å²) < 4.78 is 14.4. The Kier molecular flexibility index (Phi) is 4.98. The lowest BCUT2D eigenvalue weighted by Gasteiger charge is -2.24. The molecule has 26 heavy (non-hydrogen) atoms. The van der Waals surface area contributed by atoms with E-state index in [1.807, 2.05) is 29.2 Å². The van der Waals surface area contributed by atoms with E-state index in [1.54, 1.807) is 38.4 Å². The Bertz CT molecular complexity index is 930. The second-order valence-corrected chi connectivity index (χ2v) is 5.87. The maximum Gasteiger partial charge on any atom is 0.248 e. The van der Waals surface area contributed by atoms with Crippen molar-refractivity contribution in [1.29, 1.82) is 0 Å². The number of fused-ring (bicyclic) bond motifs is 1. The highest BCUT2D eigenvalue weighted by Gasteiger charge is 2.25. The first-order chi connectivity index (χ1) is 12.6. The predicted molar refractivity (Wildman–Crippen MR) is 103 cm³/mol. The van der Waals surface area contributed by atoms with Gasteiger partial charge in [0, 0.05) is 29.9 Å². The predicted octanol–water partition coefficient (Wildman–Crippen LogP) is 3.65. The van der Waals surface area contributed by atoms with Crippen molar-refractivity contribution in [2.24, 2.45) is 4.99 Å². The first-order valence-corrected chi connectivity index (χ1v) is 8.30.